The molecule has 8 nitrogen and oxygen atoms in total. The van der Waals surface area contributed by atoms with Crippen LogP contribution in [-0.4, -0.2) is 71.7 Å². The Morgan fingerprint density at radius 3 is 2.55 bits per heavy atom. The molecular formula is C20H31N3O5S. The lowest BCUT2D eigenvalue weighted by molar-refractivity contribution is -0.116. The first-order valence-corrected chi connectivity index (χ1v) is 11.7. The van der Waals surface area contributed by atoms with Crippen LogP contribution in [0.5, 0.6) is 0 Å². The first-order chi connectivity index (χ1) is 14.0. The van der Waals surface area contributed by atoms with Crippen LogP contribution in [0.25, 0.3) is 0 Å². The molecule has 29 heavy (non-hydrogen) atoms. The number of anilines is 2. The summed E-state index contributed by atoms with van der Waals surface area (Å²) in [5.74, 6) is -0.149. The standard InChI is InChI=1S/C20H31N3O5S/c1-27-13-5-6-20(24)21-18-16-17(29(25,26)23-9-3-2-4-10-23)7-8-19(18)22-11-14-28-15-12-22/h7-8,16H,2-6,9-15H2,1H3,(H,21,24). The molecule has 1 aromatic rings. The molecule has 0 atom stereocenters. The van der Waals surface area contributed by atoms with E-state index in [0.717, 1.165) is 24.9 Å². The maximum Gasteiger partial charge on any atom is 0.243 e. The highest BCUT2D eigenvalue weighted by atomic mass is 32.2. The summed E-state index contributed by atoms with van der Waals surface area (Å²) in [5.41, 5.74) is 1.36. The number of carbonyl (C=O) groups excluding carboxylic acids is 1. The van der Waals surface area contributed by atoms with Crippen LogP contribution < -0.4 is 10.2 Å². The summed E-state index contributed by atoms with van der Waals surface area (Å²) in [6.45, 7) is 4.21. The molecular weight excluding hydrogens is 394 g/mol. The Labute approximate surface area is 173 Å². The van der Waals surface area contributed by atoms with Gasteiger partial charge in [-0.1, -0.05) is 6.42 Å². The van der Waals surface area contributed by atoms with E-state index in [1.165, 1.54) is 0 Å². The average Bonchev–Trinajstić information content (AvgIpc) is 2.75. The largest absolute Gasteiger partial charge is 0.385 e. The lowest BCUT2D eigenvalue weighted by Crippen LogP contribution is -2.37. The van der Waals surface area contributed by atoms with Gasteiger partial charge in [0.2, 0.25) is 15.9 Å². The summed E-state index contributed by atoms with van der Waals surface area (Å²) in [6.07, 6.45) is 3.76. The lowest BCUT2D eigenvalue weighted by Gasteiger charge is -2.31. The van der Waals surface area contributed by atoms with Crippen molar-refractivity contribution < 1.29 is 22.7 Å². The second kappa shape index (κ2) is 10.4. The van der Waals surface area contributed by atoms with Crippen molar-refractivity contribution in [2.75, 3.05) is 63.3 Å². The van der Waals surface area contributed by atoms with E-state index in [1.807, 2.05) is 0 Å². The van der Waals surface area contributed by atoms with Gasteiger partial charge in [0.1, 0.15) is 0 Å². The van der Waals surface area contributed by atoms with E-state index in [1.54, 1.807) is 29.6 Å². The molecule has 1 aromatic carbocycles. The number of carbonyl (C=O) groups is 1. The second-order valence-corrected chi connectivity index (χ2v) is 9.33. The van der Waals surface area contributed by atoms with Crippen LogP contribution in [0, 0.1) is 0 Å². The Bertz CT molecular complexity index is 787. The number of hydrogen-bond donors (Lipinski definition) is 1. The highest BCUT2D eigenvalue weighted by Crippen LogP contribution is 2.31. The maximum absolute atomic E-state index is 13.1. The van der Waals surface area contributed by atoms with Crippen molar-refractivity contribution in [3.63, 3.8) is 0 Å². The number of nitrogens with zero attached hydrogens (tertiary/aromatic N) is 2. The molecule has 1 N–H and O–H groups in total. The zero-order chi connectivity index (χ0) is 20.7. The van der Waals surface area contributed by atoms with Crippen molar-refractivity contribution in [1.29, 1.82) is 0 Å². The van der Waals surface area contributed by atoms with Crippen LogP contribution in [-0.2, 0) is 24.3 Å². The van der Waals surface area contributed by atoms with Crippen LogP contribution in [0.2, 0.25) is 0 Å². The number of amides is 1. The molecule has 2 aliphatic heterocycles. The minimum Gasteiger partial charge on any atom is -0.385 e. The Hall–Kier alpha value is -1.68. The summed E-state index contributed by atoms with van der Waals surface area (Å²) in [5, 5.41) is 2.92. The van der Waals surface area contributed by atoms with Gasteiger partial charge in [-0.25, -0.2) is 8.42 Å². The fourth-order valence-corrected chi connectivity index (χ4v) is 5.24. The first kappa shape index (κ1) is 22.0. The molecule has 0 bridgehead atoms. The first-order valence-electron chi connectivity index (χ1n) is 10.3. The van der Waals surface area contributed by atoms with Crippen LogP contribution in [0.3, 0.4) is 0 Å². The number of sulfonamides is 1. The average molecular weight is 426 g/mol. The van der Waals surface area contributed by atoms with Gasteiger partial charge in [0, 0.05) is 46.3 Å². The third kappa shape index (κ3) is 5.69. The van der Waals surface area contributed by atoms with Gasteiger partial charge in [0.05, 0.1) is 29.5 Å². The zero-order valence-electron chi connectivity index (χ0n) is 17.1. The Morgan fingerprint density at radius 2 is 1.86 bits per heavy atom. The van der Waals surface area contributed by atoms with Crippen molar-refractivity contribution in [1.82, 2.24) is 4.31 Å². The molecule has 2 fully saturated rings. The summed E-state index contributed by atoms with van der Waals surface area (Å²) in [4.78, 5) is 14.8. The molecule has 2 saturated heterocycles. The van der Waals surface area contributed by atoms with Gasteiger partial charge < -0.3 is 19.7 Å². The number of morpholine rings is 1. The third-order valence-corrected chi connectivity index (χ3v) is 7.19. The monoisotopic (exact) mass is 425 g/mol. The van der Waals surface area contributed by atoms with Crippen molar-refractivity contribution >= 4 is 27.3 Å². The minimum absolute atomic E-state index is 0.149. The normalized spacial score (nSPS) is 18.6. The van der Waals surface area contributed by atoms with Gasteiger partial charge in [-0.05, 0) is 37.5 Å². The molecule has 1 amide bonds. The van der Waals surface area contributed by atoms with Gasteiger partial charge in [0.15, 0.2) is 0 Å². The summed E-state index contributed by atoms with van der Waals surface area (Å²) >= 11 is 0. The fourth-order valence-electron chi connectivity index (χ4n) is 3.70. The number of hydrogen-bond acceptors (Lipinski definition) is 6. The molecule has 9 heteroatoms. The molecule has 3 rings (SSSR count). The Morgan fingerprint density at radius 1 is 1.14 bits per heavy atom. The number of nitrogens with one attached hydrogen (secondary N) is 1. The van der Waals surface area contributed by atoms with Gasteiger partial charge in [-0.15, -0.1) is 0 Å². The van der Waals surface area contributed by atoms with Crippen molar-refractivity contribution in [3.8, 4) is 0 Å². The zero-order valence-corrected chi connectivity index (χ0v) is 17.9. The summed E-state index contributed by atoms with van der Waals surface area (Å²) in [7, 11) is -1.97. The van der Waals surface area contributed by atoms with Crippen molar-refractivity contribution in [3.05, 3.63) is 18.2 Å². The molecule has 0 aromatic heterocycles. The van der Waals surface area contributed by atoms with Gasteiger partial charge in [-0.2, -0.15) is 4.31 Å². The Kier molecular flexibility index (Phi) is 7.88. The van der Waals surface area contributed by atoms with Gasteiger partial charge in [-0.3, -0.25) is 4.79 Å². The van der Waals surface area contributed by atoms with Crippen LogP contribution in [0.4, 0.5) is 11.4 Å². The van der Waals surface area contributed by atoms with E-state index < -0.39 is 10.0 Å². The molecule has 0 spiro atoms. The number of ether oxygens (including phenoxy) is 2. The molecule has 2 aliphatic rings. The fraction of sp³-hybridized carbons (Fsp3) is 0.650. The minimum atomic E-state index is -3.57. The van der Waals surface area contributed by atoms with Crippen LogP contribution in [0.1, 0.15) is 32.1 Å². The van der Waals surface area contributed by atoms with E-state index in [4.69, 9.17) is 9.47 Å². The van der Waals surface area contributed by atoms with Gasteiger partial charge in [0.25, 0.3) is 0 Å². The quantitative estimate of drug-likeness (QED) is 0.642. The predicted molar refractivity (Wildman–Crippen MR) is 112 cm³/mol. The van der Waals surface area contributed by atoms with E-state index in [-0.39, 0.29) is 10.8 Å². The van der Waals surface area contributed by atoms with Crippen molar-refractivity contribution in [2.45, 2.75) is 37.0 Å². The topological polar surface area (TPSA) is 88.2 Å². The SMILES string of the molecule is COCCCC(=O)Nc1cc(S(=O)(=O)N2CCCCC2)ccc1N1CCOCC1. The van der Waals surface area contributed by atoms with Crippen molar-refractivity contribution in [2.24, 2.45) is 0 Å². The number of methoxy groups -OCH3 is 1. The molecule has 2 heterocycles. The van der Waals surface area contributed by atoms with Crippen LogP contribution >= 0.6 is 0 Å². The number of piperidine rings is 1. The third-order valence-electron chi connectivity index (χ3n) is 5.30. The van der Waals surface area contributed by atoms with E-state index in [0.29, 0.717) is 64.5 Å². The summed E-state index contributed by atoms with van der Waals surface area (Å²) in [6, 6.07) is 5.05. The molecule has 0 saturated carbocycles. The lowest BCUT2D eigenvalue weighted by atomic mass is 10.2. The predicted octanol–water partition coefficient (Wildman–Crippen LogP) is 2.06. The number of benzene rings is 1. The molecule has 0 radical (unpaired) electrons. The van der Waals surface area contributed by atoms with Gasteiger partial charge >= 0.3 is 0 Å². The molecule has 162 valence electrons. The molecule has 0 unspecified atom stereocenters. The highest BCUT2D eigenvalue weighted by molar-refractivity contribution is 7.89. The van der Waals surface area contributed by atoms with E-state index >= 15 is 0 Å². The van der Waals surface area contributed by atoms with Crippen LogP contribution in [0.15, 0.2) is 23.1 Å². The highest BCUT2D eigenvalue weighted by Gasteiger charge is 2.27. The van der Waals surface area contributed by atoms with E-state index in [9.17, 15) is 13.2 Å². The summed E-state index contributed by atoms with van der Waals surface area (Å²) < 4.78 is 38.1. The second-order valence-electron chi connectivity index (χ2n) is 7.39. The smallest absolute Gasteiger partial charge is 0.243 e. The Balaban J connectivity index is 1.86. The van der Waals surface area contributed by atoms with E-state index in [2.05, 4.69) is 10.2 Å². The maximum atomic E-state index is 13.1. The number of rotatable bonds is 8. The molecule has 0 aliphatic carbocycles.